The van der Waals surface area contributed by atoms with Gasteiger partial charge in [-0.3, -0.25) is 0 Å². The number of alkyl halides is 1. The van der Waals surface area contributed by atoms with Gasteiger partial charge in [-0.2, -0.15) is 5.26 Å². The van der Waals surface area contributed by atoms with Crippen LogP contribution in [0.3, 0.4) is 0 Å². The lowest BCUT2D eigenvalue weighted by atomic mass is 10.4. The Kier molecular flexibility index (Phi) is 2.30. The van der Waals surface area contributed by atoms with Crippen molar-refractivity contribution in [3.63, 3.8) is 0 Å². The fourth-order valence-electron chi connectivity index (χ4n) is 0.645. The normalized spacial score (nSPS) is 9.20. The number of nitrogens with zero attached hydrogens (tertiary/aromatic N) is 2. The molecule has 0 aromatic carbocycles. The monoisotopic (exact) mass is 155 g/mol. The molecule has 0 bridgehead atoms. The third-order valence-corrected chi connectivity index (χ3v) is 1.29. The molecule has 0 fully saturated rings. The maximum atomic E-state index is 8.34. The number of hydrogen-bond donors (Lipinski definition) is 1. The average molecular weight is 156 g/mol. The van der Waals surface area contributed by atoms with Gasteiger partial charge in [-0.15, -0.1) is 11.6 Å². The summed E-state index contributed by atoms with van der Waals surface area (Å²) in [6.07, 6.45) is 2.36. The number of aromatic amines is 1. The molecule has 0 unspecified atom stereocenters. The molecule has 10 heavy (non-hydrogen) atoms. The van der Waals surface area contributed by atoms with E-state index in [2.05, 4.69) is 9.97 Å². The molecule has 0 amide bonds. The zero-order chi connectivity index (χ0) is 7.40. The highest BCUT2D eigenvalue weighted by Gasteiger charge is 1.96. The van der Waals surface area contributed by atoms with E-state index in [-0.39, 0.29) is 0 Å². The highest BCUT2D eigenvalue weighted by atomic mass is 35.5. The van der Waals surface area contributed by atoms with Gasteiger partial charge in [0.1, 0.15) is 6.07 Å². The Bertz CT molecular complexity index is 248. The van der Waals surface area contributed by atoms with Crippen LogP contribution < -0.4 is 0 Å². The summed E-state index contributed by atoms with van der Waals surface area (Å²) in [4.78, 5) is 6.59. The van der Waals surface area contributed by atoms with Crippen molar-refractivity contribution < 1.29 is 0 Å². The van der Waals surface area contributed by atoms with E-state index in [0.717, 1.165) is 12.1 Å². The molecule has 0 atom stereocenters. The molecular formula is C6H6ClN3. The summed E-state index contributed by atoms with van der Waals surface area (Å²) >= 11 is 5.46. The summed E-state index contributed by atoms with van der Waals surface area (Å²) < 4.78 is 0. The molecule has 0 spiro atoms. The number of aryl methyl sites for hydroxylation is 1. The Balaban J connectivity index is 2.71. The SMILES string of the molecule is N#Cc1ncc(CCCl)[nH]1. The summed E-state index contributed by atoms with van der Waals surface area (Å²) in [7, 11) is 0. The van der Waals surface area contributed by atoms with Gasteiger partial charge >= 0.3 is 0 Å². The third kappa shape index (κ3) is 1.49. The van der Waals surface area contributed by atoms with Crippen molar-refractivity contribution in [2.24, 2.45) is 0 Å². The van der Waals surface area contributed by atoms with Crippen molar-refractivity contribution in [3.8, 4) is 6.07 Å². The lowest BCUT2D eigenvalue weighted by molar-refractivity contribution is 1.06. The highest BCUT2D eigenvalue weighted by molar-refractivity contribution is 6.17. The van der Waals surface area contributed by atoms with Crippen LogP contribution in [0.5, 0.6) is 0 Å². The Morgan fingerprint density at radius 3 is 3.10 bits per heavy atom. The van der Waals surface area contributed by atoms with Crippen LogP contribution in [0.4, 0.5) is 0 Å². The highest BCUT2D eigenvalue weighted by Crippen LogP contribution is 1.97. The molecule has 0 saturated carbocycles. The van der Waals surface area contributed by atoms with Crippen LogP contribution >= 0.6 is 11.6 Å². The van der Waals surface area contributed by atoms with Crippen molar-refractivity contribution >= 4 is 11.6 Å². The van der Waals surface area contributed by atoms with Gasteiger partial charge in [0.25, 0.3) is 0 Å². The fourth-order valence-corrected chi connectivity index (χ4v) is 0.848. The minimum absolute atomic E-state index is 0.347. The Hall–Kier alpha value is -1.01. The largest absolute Gasteiger partial charge is 0.333 e. The molecule has 1 heterocycles. The van der Waals surface area contributed by atoms with Gasteiger partial charge in [-0.25, -0.2) is 4.98 Å². The molecular weight excluding hydrogens is 150 g/mol. The van der Waals surface area contributed by atoms with Gasteiger partial charge in [-0.1, -0.05) is 0 Å². The number of hydrogen-bond acceptors (Lipinski definition) is 2. The average Bonchev–Trinajstić information content (AvgIpc) is 2.37. The molecule has 1 N–H and O–H groups in total. The van der Waals surface area contributed by atoms with E-state index in [1.807, 2.05) is 6.07 Å². The number of nitrogens with one attached hydrogen (secondary N) is 1. The minimum atomic E-state index is 0.347. The van der Waals surface area contributed by atoms with E-state index in [9.17, 15) is 0 Å². The van der Waals surface area contributed by atoms with Crippen LogP contribution in [0.1, 0.15) is 11.5 Å². The number of rotatable bonds is 2. The van der Waals surface area contributed by atoms with Crippen LogP contribution in [-0.4, -0.2) is 15.8 Å². The summed E-state index contributed by atoms with van der Waals surface area (Å²) in [5, 5.41) is 8.34. The van der Waals surface area contributed by atoms with Crippen LogP contribution in [0.15, 0.2) is 6.20 Å². The minimum Gasteiger partial charge on any atom is -0.333 e. The molecule has 0 saturated heterocycles. The summed E-state index contributed by atoms with van der Waals surface area (Å²) in [5.74, 6) is 0.896. The molecule has 4 heteroatoms. The van der Waals surface area contributed by atoms with Gasteiger partial charge in [0.05, 0.1) is 0 Å². The van der Waals surface area contributed by atoms with Gasteiger partial charge in [0, 0.05) is 24.2 Å². The molecule has 3 nitrogen and oxygen atoms in total. The van der Waals surface area contributed by atoms with Crippen molar-refractivity contribution in [2.75, 3.05) is 5.88 Å². The third-order valence-electron chi connectivity index (χ3n) is 1.10. The second-order valence-electron chi connectivity index (χ2n) is 1.81. The number of nitriles is 1. The topological polar surface area (TPSA) is 52.5 Å². The number of halogens is 1. The number of imidazole rings is 1. The van der Waals surface area contributed by atoms with Gasteiger partial charge in [-0.05, 0) is 0 Å². The zero-order valence-electron chi connectivity index (χ0n) is 5.26. The van der Waals surface area contributed by atoms with E-state index in [1.165, 1.54) is 0 Å². The first-order valence-corrected chi connectivity index (χ1v) is 3.40. The molecule has 0 aliphatic carbocycles. The van der Waals surface area contributed by atoms with Crippen LogP contribution in [0.25, 0.3) is 0 Å². The van der Waals surface area contributed by atoms with E-state index in [0.29, 0.717) is 11.7 Å². The second kappa shape index (κ2) is 3.23. The first-order valence-electron chi connectivity index (χ1n) is 2.86. The zero-order valence-corrected chi connectivity index (χ0v) is 6.02. The summed E-state index contributed by atoms with van der Waals surface area (Å²) in [6.45, 7) is 0. The maximum absolute atomic E-state index is 8.34. The van der Waals surface area contributed by atoms with Crippen molar-refractivity contribution in [2.45, 2.75) is 6.42 Å². The lowest BCUT2D eigenvalue weighted by Crippen LogP contribution is -1.85. The predicted octanol–water partition coefficient (Wildman–Crippen LogP) is 1.06. The Labute approximate surface area is 63.7 Å². The van der Waals surface area contributed by atoms with Crippen molar-refractivity contribution in [1.29, 1.82) is 5.26 Å². The van der Waals surface area contributed by atoms with E-state index >= 15 is 0 Å². The smallest absolute Gasteiger partial charge is 0.210 e. The first-order chi connectivity index (χ1) is 4.86. The molecule has 1 aromatic heterocycles. The molecule has 0 aliphatic rings. The number of aromatic nitrogens is 2. The quantitative estimate of drug-likeness (QED) is 0.650. The van der Waals surface area contributed by atoms with Crippen molar-refractivity contribution in [1.82, 2.24) is 9.97 Å². The van der Waals surface area contributed by atoms with Gasteiger partial charge < -0.3 is 4.98 Å². The maximum Gasteiger partial charge on any atom is 0.210 e. The van der Waals surface area contributed by atoms with Gasteiger partial charge in [0.15, 0.2) is 0 Å². The molecule has 0 radical (unpaired) electrons. The second-order valence-corrected chi connectivity index (χ2v) is 2.19. The first kappa shape index (κ1) is 7.10. The molecule has 1 aromatic rings. The summed E-state index contributed by atoms with van der Waals surface area (Å²) in [6, 6.07) is 1.90. The Morgan fingerprint density at radius 2 is 2.60 bits per heavy atom. The Morgan fingerprint density at radius 1 is 1.80 bits per heavy atom. The van der Waals surface area contributed by atoms with Crippen LogP contribution in [0.2, 0.25) is 0 Å². The van der Waals surface area contributed by atoms with E-state index in [4.69, 9.17) is 16.9 Å². The molecule has 0 aliphatic heterocycles. The lowest BCUT2D eigenvalue weighted by Gasteiger charge is -1.85. The van der Waals surface area contributed by atoms with E-state index in [1.54, 1.807) is 6.20 Å². The van der Waals surface area contributed by atoms with Crippen molar-refractivity contribution in [3.05, 3.63) is 17.7 Å². The fraction of sp³-hybridized carbons (Fsp3) is 0.333. The summed E-state index contributed by atoms with van der Waals surface area (Å²) in [5.41, 5.74) is 0.909. The van der Waals surface area contributed by atoms with Crippen LogP contribution in [0, 0.1) is 11.3 Å². The number of H-pyrrole nitrogens is 1. The van der Waals surface area contributed by atoms with Crippen LogP contribution in [-0.2, 0) is 6.42 Å². The predicted molar refractivity (Wildman–Crippen MR) is 37.7 cm³/mol. The molecule has 1 rings (SSSR count). The molecule has 52 valence electrons. The van der Waals surface area contributed by atoms with E-state index < -0.39 is 0 Å². The standard InChI is InChI=1S/C6H6ClN3/c7-2-1-5-4-9-6(3-8)10-5/h4H,1-2H2,(H,9,10). The van der Waals surface area contributed by atoms with Gasteiger partial charge in [0.2, 0.25) is 5.82 Å².